The van der Waals surface area contributed by atoms with Gasteiger partial charge in [0.25, 0.3) is 0 Å². The molecule has 4 rings (SSSR count). The second kappa shape index (κ2) is 7.53. The first-order valence-corrected chi connectivity index (χ1v) is 8.94. The van der Waals surface area contributed by atoms with Gasteiger partial charge in [-0.05, 0) is 24.3 Å². The van der Waals surface area contributed by atoms with Gasteiger partial charge in [0.15, 0.2) is 0 Å². The number of likely N-dealkylation sites (tertiary alicyclic amines) is 1. The van der Waals surface area contributed by atoms with E-state index < -0.39 is 0 Å². The number of nitrogens with one attached hydrogen (secondary N) is 1. The zero-order valence-corrected chi connectivity index (χ0v) is 15.1. The smallest absolute Gasteiger partial charge is 0.322 e. The third-order valence-corrected chi connectivity index (χ3v) is 4.64. The highest BCUT2D eigenvalue weighted by Crippen LogP contribution is 2.25. The van der Waals surface area contributed by atoms with E-state index >= 15 is 0 Å². The molecule has 1 fully saturated rings. The van der Waals surface area contributed by atoms with E-state index in [4.69, 9.17) is 9.47 Å². The zero-order chi connectivity index (χ0) is 18.6. The summed E-state index contributed by atoms with van der Waals surface area (Å²) in [4.78, 5) is 18.8. The molecule has 1 saturated heterocycles. The molecule has 0 aliphatic carbocycles. The molecule has 0 bridgehead atoms. The molecular formula is C21H21N3O3. The van der Waals surface area contributed by atoms with E-state index in [1.165, 1.54) is 0 Å². The number of fused-ring (bicyclic) bond motifs is 1. The molecule has 0 radical (unpaired) electrons. The van der Waals surface area contributed by atoms with Crippen LogP contribution >= 0.6 is 0 Å². The first kappa shape index (κ1) is 17.1. The molecule has 1 N–H and O–H groups in total. The van der Waals surface area contributed by atoms with Gasteiger partial charge in [-0.25, -0.2) is 9.78 Å². The van der Waals surface area contributed by atoms with Gasteiger partial charge in [0.1, 0.15) is 11.9 Å². The molecule has 6 nitrogen and oxygen atoms in total. The van der Waals surface area contributed by atoms with Crippen molar-refractivity contribution in [2.75, 3.05) is 25.5 Å². The van der Waals surface area contributed by atoms with Crippen LogP contribution in [0.5, 0.6) is 11.6 Å². The summed E-state index contributed by atoms with van der Waals surface area (Å²) in [5.41, 5.74) is 1.56. The van der Waals surface area contributed by atoms with E-state index in [1.54, 1.807) is 12.0 Å². The van der Waals surface area contributed by atoms with E-state index in [-0.39, 0.29) is 12.1 Å². The van der Waals surface area contributed by atoms with Gasteiger partial charge in [-0.3, -0.25) is 0 Å². The number of carbonyl (C=O) groups is 1. The molecule has 2 heterocycles. The number of hydrogen-bond donors (Lipinski definition) is 1. The van der Waals surface area contributed by atoms with Crippen LogP contribution in [0.2, 0.25) is 0 Å². The van der Waals surface area contributed by atoms with Crippen molar-refractivity contribution in [3.8, 4) is 11.6 Å². The fraction of sp³-hybridized carbons (Fsp3) is 0.238. The minimum atomic E-state index is -0.155. The maximum atomic E-state index is 12.5. The molecule has 2 aromatic carbocycles. The molecule has 0 unspecified atom stereocenters. The van der Waals surface area contributed by atoms with E-state index in [9.17, 15) is 4.79 Å². The maximum absolute atomic E-state index is 12.5. The summed E-state index contributed by atoms with van der Waals surface area (Å²) < 4.78 is 11.3. The highest BCUT2D eigenvalue weighted by atomic mass is 16.5. The number of ether oxygens (including phenoxy) is 2. The number of methoxy groups -OCH3 is 1. The van der Waals surface area contributed by atoms with Crippen molar-refractivity contribution in [2.45, 2.75) is 12.5 Å². The summed E-state index contributed by atoms with van der Waals surface area (Å²) in [7, 11) is 1.58. The molecule has 1 aliphatic rings. The molecule has 1 atom stereocenters. The Labute approximate surface area is 157 Å². The number of amides is 2. The Morgan fingerprint density at radius 2 is 1.93 bits per heavy atom. The van der Waals surface area contributed by atoms with Crippen LogP contribution in [-0.4, -0.2) is 42.2 Å². The quantitative estimate of drug-likeness (QED) is 0.763. The SMILES string of the molecule is COc1ccccc1NC(=O)N1CC[C@@H](Oc2ccc3ccccc3n2)C1. The highest BCUT2D eigenvalue weighted by Gasteiger charge is 2.28. The van der Waals surface area contributed by atoms with Crippen molar-refractivity contribution in [2.24, 2.45) is 0 Å². The van der Waals surface area contributed by atoms with Crippen LogP contribution in [0.3, 0.4) is 0 Å². The van der Waals surface area contributed by atoms with Crippen LogP contribution in [0.15, 0.2) is 60.7 Å². The summed E-state index contributed by atoms with van der Waals surface area (Å²) in [5.74, 6) is 1.23. The number of nitrogens with zero attached hydrogens (tertiary/aromatic N) is 2. The molecule has 138 valence electrons. The van der Waals surface area contributed by atoms with Gasteiger partial charge in [-0.2, -0.15) is 0 Å². The molecule has 1 aliphatic heterocycles. The molecule has 2 amide bonds. The Kier molecular flexibility index (Phi) is 4.78. The first-order chi connectivity index (χ1) is 13.2. The number of carbonyl (C=O) groups excluding carboxylic acids is 1. The normalized spacial score (nSPS) is 16.3. The summed E-state index contributed by atoms with van der Waals surface area (Å²) in [5, 5.41) is 3.98. The van der Waals surface area contributed by atoms with Gasteiger partial charge < -0.3 is 19.7 Å². The summed E-state index contributed by atoms with van der Waals surface area (Å²) in [6.07, 6.45) is 0.704. The number of urea groups is 1. The molecule has 1 aromatic heterocycles. The summed E-state index contributed by atoms with van der Waals surface area (Å²) in [6.45, 7) is 1.16. The maximum Gasteiger partial charge on any atom is 0.322 e. The Hall–Kier alpha value is -3.28. The third-order valence-electron chi connectivity index (χ3n) is 4.64. The molecular weight excluding hydrogens is 342 g/mol. The third kappa shape index (κ3) is 3.79. The summed E-state index contributed by atoms with van der Waals surface area (Å²) >= 11 is 0. The zero-order valence-electron chi connectivity index (χ0n) is 15.1. The largest absolute Gasteiger partial charge is 0.495 e. The predicted molar refractivity (Wildman–Crippen MR) is 104 cm³/mol. The minimum absolute atomic E-state index is 0.0675. The van der Waals surface area contributed by atoms with Crippen molar-refractivity contribution in [1.82, 2.24) is 9.88 Å². The van der Waals surface area contributed by atoms with Gasteiger partial charge in [0.05, 0.1) is 24.9 Å². The van der Waals surface area contributed by atoms with E-state index in [1.807, 2.05) is 60.7 Å². The second-order valence-corrected chi connectivity index (χ2v) is 6.45. The first-order valence-electron chi connectivity index (χ1n) is 8.94. The molecule has 6 heteroatoms. The highest BCUT2D eigenvalue weighted by molar-refractivity contribution is 5.91. The Morgan fingerprint density at radius 1 is 1.11 bits per heavy atom. The van der Waals surface area contributed by atoms with Crippen LogP contribution < -0.4 is 14.8 Å². The van der Waals surface area contributed by atoms with Crippen molar-refractivity contribution in [1.29, 1.82) is 0 Å². The second-order valence-electron chi connectivity index (χ2n) is 6.45. The lowest BCUT2D eigenvalue weighted by Gasteiger charge is -2.18. The average Bonchev–Trinajstić information content (AvgIpc) is 3.17. The Morgan fingerprint density at radius 3 is 2.81 bits per heavy atom. The van der Waals surface area contributed by atoms with Crippen molar-refractivity contribution in [3.63, 3.8) is 0 Å². The van der Waals surface area contributed by atoms with E-state index in [0.717, 1.165) is 17.3 Å². The fourth-order valence-electron chi connectivity index (χ4n) is 3.23. The number of hydrogen-bond acceptors (Lipinski definition) is 4. The van der Waals surface area contributed by atoms with Crippen molar-refractivity contribution < 1.29 is 14.3 Å². The topological polar surface area (TPSA) is 63.7 Å². The Balaban J connectivity index is 1.38. The number of para-hydroxylation sites is 3. The van der Waals surface area contributed by atoms with E-state index in [0.29, 0.717) is 30.4 Å². The number of benzene rings is 2. The van der Waals surface area contributed by atoms with Crippen LogP contribution in [0.1, 0.15) is 6.42 Å². The molecule has 0 spiro atoms. The lowest BCUT2D eigenvalue weighted by Crippen LogP contribution is -2.34. The lowest BCUT2D eigenvalue weighted by molar-refractivity contribution is 0.190. The van der Waals surface area contributed by atoms with Gasteiger partial charge in [0, 0.05) is 24.4 Å². The van der Waals surface area contributed by atoms with Crippen LogP contribution in [-0.2, 0) is 0 Å². The lowest BCUT2D eigenvalue weighted by atomic mass is 10.2. The predicted octanol–water partition coefficient (Wildman–Crippen LogP) is 3.93. The van der Waals surface area contributed by atoms with E-state index in [2.05, 4.69) is 10.3 Å². The molecule has 0 saturated carbocycles. The number of aromatic nitrogens is 1. The molecule has 3 aromatic rings. The van der Waals surface area contributed by atoms with Crippen LogP contribution in [0.25, 0.3) is 10.9 Å². The van der Waals surface area contributed by atoms with Gasteiger partial charge >= 0.3 is 6.03 Å². The van der Waals surface area contributed by atoms with Crippen molar-refractivity contribution >= 4 is 22.6 Å². The molecule has 27 heavy (non-hydrogen) atoms. The average molecular weight is 363 g/mol. The monoisotopic (exact) mass is 363 g/mol. The van der Waals surface area contributed by atoms with Crippen LogP contribution in [0.4, 0.5) is 10.5 Å². The standard InChI is InChI=1S/C21H21N3O3/c1-26-19-9-5-4-8-18(19)23-21(25)24-13-12-16(14-24)27-20-11-10-15-6-2-3-7-17(15)22-20/h2-11,16H,12-14H2,1H3,(H,23,25)/t16-/m1/s1. The van der Waals surface area contributed by atoms with Crippen LogP contribution in [0, 0.1) is 0 Å². The number of pyridine rings is 1. The Bertz CT molecular complexity index is 960. The number of anilines is 1. The van der Waals surface area contributed by atoms with Gasteiger partial charge in [0.2, 0.25) is 5.88 Å². The van der Waals surface area contributed by atoms with Crippen molar-refractivity contribution in [3.05, 3.63) is 60.7 Å². The fourth-order valence-corrected chi connectivity index (χ4v) is 3.23. The van der Waals surface area contributed by atoms with Gasteiger partial charge in [-0.1, -0.05) is 30.3 Å². The summed E-state index contributed by atoms with van der Waals surface area (Å²) in [6, 6.07) is 19.0. The minimum Gasteiger partial charge on any atom is -0.495 e. The number of rotatable bonds is 4. The van der Waals surface area contributed by atoms with Gasteiger partial charge in [-0.15, -0.1) is 0 Å².